The zero-order valence-electron chi connectivity index (χ0n) is 31.4. The molecular weight excluding hydrogens is 741 g/mol. The summed E-state index contributed by atoms with van der Waals surface area (Å²) in [6, 6.07) is 65.5. The Morgan fingerprint density at radius 1 is 0.424 bits per heavy atom. The monoisotopic (exact) mass is 770 g/mol. The first kappa shape index (κ1) is 33.2. The number of thiophene rings is 1. The van der Waals surface area contributed by atoms with E-state index in [0.29, 0.717) is 23.0 Å². The van der Waals surface area contributed by atoms with Crippen molar-refractivity contribution in [2.24, 2.45) is 0 Å². The van der Waals surface area contributed by atoms with Crippen molar-refractivity contribution >= 4 is 75.1 Å². The molecule has 0 N–H and O–H groups in total. The molecule has 4 aromatic heterocycles. The molecular formula is C52H30N6S. The zero-order chi connectivity index (χ0) is 39.0. The normalized spacial score (nSPS) is 11.7. The van der Waals surface area contributed by atoms with Crippen molar-refractivity contribution in [2.45, 2.75) is 0 Å². The van der Waals surface area contributed by atoms with E-state index in [4.69, 9.17) is 15.0 Å². The first-order valence-electron chi connectivity index (χ1n) is 19.5. The van der Waals surface area contributed by atoms with Crippen LogP contribution in [0.5, 0.6) is 0 Å². The van der Waals surface area contributed by atoms with Crippen LogP contribution in [0, 0.1) is 11.3 Å². The number of para-hydroxylation sites is 2. The van der Waals surface area contributed by atoms with Gasteiger partial charge in [0.2, 0.25) is 0 Å². The number of nitrogens with zero attached hydrogens (tertiary/aromatic N) is 6. The molecule has 0 fully saturated rings. The Labute approximate surface area is 342 Å². The molecule has 12 rings (SSSR count). The van der Waals surface area contributed by atoms with Crippen LogP contribution >= 0.6 is 11.3 Å². The average Bonchev–Trinajstić information content (AvgIpc) is 3.96. The maximum atomic E-state index is 11.0. The topological polar surface area (TPSA) is 72.3 Å². The third-order valence-electron chi connectivity index (χ3n) is 11.4. The van der Waals surface area contributed by atoms with Gasteiger partial charge in [0.05, 0.1) is 33.3 Å². The fourth-order valence-corrected chi connectivity index (χ4v) is 9.87. The minimum atomic E-state index is 0.504. The molecule has 0 saturated heterocycles. The molecule has 0 bridgehead atoms. The molecule has 4 heterocycles. The van der Waals surface area contributed by atoms with Gasteiger partial charge in [0.15, 0.2) is 17.5 Å². The summed E-state index contributed by atoms with van der Waals surface area (Å²) in [6.07, 6.45) is 0. The van der Waals surface area contributed by atoms with E-state index in [-0.39, 0.29) is 0 Å². The zero-order valence-corrected chi connectivity index (χ0v) is 32.2. The highest BCUT2D eigenvalue weighted by molar-refractivity contribution is 7.25. The Morgan fingerprint density at radius 3 is 1.73 bits per heavy atom. The standard InChI is InChI=1S/C52H30N6S/c53-31-35-29-34(52-55-50(32-13-3-1-4-14-32)54-51(56-52)33-15-5-2-6-16-33)23-26-42(35)58-43-20-10-7-17-37(43)39-25-27-45-48(49(39)58)40-19-8-11-21-44(40)57(45)36-24-28-47-41(30-36)38-18-9-12-22-46(38)59-47/h1-30H. The number of hydrogen-bond donors (Lipinski definition) is 0. The minimum absolute atomic E-state index is 0.504. The Kier molecular flexibility index (Phi) is 7.36. The van der Waals surface area contributed by atoms with E-state index >= 15 is 0 Å². The van der Waals surface area contributed by atoms with Crippen LogP contribution in [-0.4, -0.2) is 24.1 Å². The van der Waals surface area contributed by atoms with Gasteiger partial charge >= 0.3 is 0 Å². The summed E-state index contributed by atoms with van der Waals surface area (Å²) in [4.78, 5) is 14.8. The van der Waals surface area contributed by atoms with Gasteiger partial charge in [-0.15, -0.1) is 11.3 Å². The van der Waals surface area contributed by atoms with Crippen LogP contribution in [0.25, 0.3) is 109 Å². The number of nitriles is 1. The lowest BCUT2D eigenvalue weighted by Gasteiger charge is -2.13. The first-order chi connectivity index (χ1) is 29.2. The van der Waals surface area contributed by atoms with Gasteiger partial charge in [-0.25, -0.2) is 15.0 Å². The average molecular weight is 771 g/mol. The quantitative estimate of drug-likeness (QED) is 0.175. The predicted molar refractivity (Wildman–Crippen MR) is 242 cm³/mol. The van der Waals surface area contributed by atoms with Crippen LogP contribution in [0.2, 0.25) is 0 Å². The molecule has 0 radical (unpaired) electrons. The highest BCUT2D eigenvalue weighted by atomic mass is 32.1. The maximum absolute atomic E-state index is 11.0. The van der Waals surface area contributed by atoms with Crippen molar-refractivity contribution < 1.29 is 0 Å². The largest absolute Gasteiger partial charge is 0.309 e. The number of fused-ring (bicyclic) bond motifs is 10. The van der Waals surface area contributed by atoms with Crippen molar-refractivity contribution in [1.82, 2.24) is 24.1 Å². The predicted octanol–water partition coefficient (Wildman–Crippen LogP) is 13.3. The fraction of sp³-hybridized carbons (Fsp3) is 0. The van der Waals surface area contributed by atoms with Gasteiger partial charge in [-0.3, -0.25) is 0 Å². The smallest absolute Gasteiger partial charge is 0.164 e. The molecule has 59 heavy (non-hydrogen) atoms. The maximum Gasteiger partial charge on any atom is 0.164 e. The molecule has 0 aliphatic carbocycles. The molecule has 6 nitrogen and oxygen atoms in total. The second-order valence-electron chi connectivity index (χ2n) is 14.7. The Balaban J connectivity index is 1.10. The number of hydrogen-bond acceptors (Lipinski definition) is 5. The second kappa shape index (κ2) is 13.1. The summed E-state index contributed by atoms with van der Waals surface area (Å²) < 4.78 is 7.23. The van der Waals surface area contributed by atoms with Gasteiger partial charge in [-0.1, -0.05) is 121 Å². The Bertz CT molecular complexity index is 3630. The van der Waals surface area contributed by atoms with E-state index in [1.807, 2.05) is 90.2 Å². The van der Waals surface area contributed by atoms with Crippen LogP contribution < -0.4 is 0 Å². The summed E-state index contributed by atoms with van der Waals surface area (Å²) in [5, 5.41) is 18.0. The molecule has 7 heteroatoms. The van der Waals surface area contributed by atoms with Gasteiger partial charge in [0, 0.05) is 64.1 Å². The summed E-state index contributed by atoms with van der Waals surface area (Å²) >= 11 is 1.83. The van der Waals surface area contributed by atoms with Crippen LogP contribution in [0.15, 0.2) is 182 Å². The number of benzene rings is 8. The van der Waals surface area contributed by atoms with E-state index in [1.54, 1.807) is 0 Å². The van der Waals surface area contributed by atoms with Crippen LogP contribution in [0.3, 0.4) is 0 Å². The molecule has 274 valence electrons. The van der Waals surface area contributed by atoms with Crippen molar-refractivity contribution in [3.63, 3.8) is 0 Å². The fourth-order valence-electron chi connectivity index (χ4n) is 8.79. The number of aromatic nitrogens is 5. The van der Waals surface area contributed by atoms with E-state index < -0.39 is 0 Å². The lowest BCUT2D eigenvalue weighted by molar-refractivity contribution is 1.07. The third kappa shape index (κ3) is 5.14. The summed E-state index contributed by atoms with van der Waals surface area (Å²) in [6.45, 7) is 0. The summed E-state index contributed by atoms with van der Waals surface area (Å²) in [5.74, 6) is 1.65. The van der Waals surface area contributed by atoms with Crippen molar-refractivity contribution in [3.05, 3.63) is 188 Å². The van der Waals surface area contributed by atoms with Crippen LogP contribution in [-0.2, 0) is 0 Å². The molecule has 0 unspecified atom stereocenters. The molecule has 0 aliphatic rings. The molecule has 0 amide bonds. The van der Waals surface area contributed by atoms with Crippen molar-refractivity contribution in [1.29, 1.82) is 5.26 Å². The second-order valence-corrected chi connectivity index (χ2v) is 15.8. The highest BCUT2D eigenvalue weighted by Crippen LogP contribution is 2.44. The van der Waals surface area contributed by atoms with Gasteiger partial charge in [0.1, 0.15) is 6.07 Å². The van der Waals surface area contributed by atoms with E-state index in [2.05, 4.69) is 118 Å². The lowest BCUT2D eigenvalue weighted by Crippen LogP contribution is -2.02. The van der Waals surface area contributed by atoms with E-state index in [1.165, 1.54) is 20.2 Å². The van der Waals surface area contributed by atoms with E-state index in [0.717, 1.165) is 71.7 Å². The molecule has 0 spiro atoms. The Morgan fingerprint density at radius 2 is 1.02 bits per heavy atom. The van der Waals surface area contributed by atoms with Gasteiger partial charge < -0.3 is 9.13 Å². The van der Waals surface area contributed by atoms with E-state index in [9.17, 15) is 5.26 Å². The molecule has 12 aromatic rings. The minimum Gasteiger partial charge on any atom is -0.309 e. The van der Waals surface area contributed by atoms with Gasteiger partial charge in [-0.05, 0) is 60.7 Å². The summed E-state index contributed by atoms with van der Waals surface area (Å²) in [5.41, 5.74) is 9.25. The van der Waals surface area contributed by atoms with Crippen LogP contribution in [0.4, 0.5) is 0 Å². The van der Waals surface area contributed by atoms with Gasteiger partial charge in [-0.2, -0.15) is 5.26 Å². The molecule has 0 saturated carbocycles. The summed E-state index contributed by atoms with van der Waals surface area (Å²) in [7, 11) is 0. The van der Waals surface area contributed by atoms with Gasteiger partial charge in [0.25, 0.3) is 0 Å². The third-order valence-corrected chi connectivity index (χ3v) is 12.6. The SMILES string of the molecule is N#Cc1cc(-c2nc(-c3ccccc3)nc(-c3ccccc3)n2)ccc1-n1c2ccccc2c2ccc3c(c4ccccc4n3-c3ccc4sc5ccccc5c4c3)c21. The lowest BCUT2D eigenvalue weighted by atomic mass is 10.1. The molecule has 0 atom stereocenters. The van der Waals surface area contributed by atoms with Crippen LogP contribution in [0.1, 0.15) is 5.56 Å². The van der Waals surface area contributed by atoms with Crippen molar-refractivity contribution in [3.8, 4) is 51.6 Å². The molecule has 8 aromatic carbocycles. The molecule has 0 aliphatic heterocycles. The highest BCUT2D eigenvalue weighted by Gasteiger charge is 2.23. The number of rotatable bonds is 5. The first-order valence-corrected chi connectivity index (χ1v) is 20.3. The Hall–Kier alpha value is -7.92. The van der Waals surface area contributed by atoms with Crippen molar-refractivity contribution in [2.75, 3.05) is 0 Å².